The molecular weight excluding hydrogens is 202 g/mol. The van der Waals surface area contributed by atoms with Crippen molar-refractivity contribution in [1.29, 1.82) is 0 Å². The fraction of sp³-hybridized carbons (Fsp3) is 0.750. The average Bonchev–Trinajstić information content (AvgIpc) is 2.69. The number of rotatable bonds is 8. The minimum Gasteiger partial charge on any atom is -0.383 e. The van der Waals surface area contributed by atoms with Crippen LogP contribution in [0.2, 0.25) is 0 Å². The van der Waals surface area contributed by atoms with E-state index < -0.39 is 0 Å². The smallest absolute Gasteiger partial charge is 0.0615 e. The van der Waals surface area contributed by atoms with E-state index in [1.807, 2.05) is 17.9 Å². The first-order chi connectivity index (χ1) is 7.76. The van der Waals surface area contributed by atoms with Crippen LogP contribution in [-0.4, -0.2) is 36.1 Å². The van der Waals surface area contributed by atoms with Crippen molar-refractivity contribution in [3.63, 3.8) is 0 Å². The molecule has 0 aliphatic rings. The monoisotopic (exact) mass is 225 g/mol. The molecule has 92 valence electrons. The molecule has 0 amide bonds. The molecule has 1 atom stereocenters. The van der Waals surface area contributed by atoms with Crippen molar-refractivity contribution in [2.75, 3.05) is 20.3 Å². The molecule has 1 rings (SSSR count). The van der Waals surface area contributed by atoms with Crippen LogP contribution in [0.1, 0.15) is 25.3 Å². The fourth-order valence-electron chi connectivity index (χ4n) is 1.72. The predicted octanol–water partition coefficient (Wildman–Crippen LogP) is 1.37. The van der Waals surface area contributed by atoms with E-state index >= 15 is 0 Å². The number of nitrogens with one attached hydrogen (secondary N) is 1. The Hall–Kier alpha value is -0.870. The van der Waals surface area contributed by atoms with Gasteiger partial charge in [0.2, 0.25) is 0 Å². The number of aromatic nitrogens is 2. The number of hydrogen-bond donors (Lipinski definition) is 1. The summed E-state index contributed by atoms with van der Waals surface area (Å²) in [6.45, 7) is 4.01. The molecule has 0 radical (unpaired) electrons. The van der Waals surface area contributed by atoms with E-state index in [0.717, 1.165) is 32.4 Å². The van der Waals surface area contributed by atoms with E-state index in [1.165, 1.54) is 5.56 Å². The van der Waals surface area contributed by atoms with Crippen molar-refractivity contribution >= 4 is 0 Å². The summed E-state index contributed by atoms with van der Waals surface area (Å²) < 4.78 is 6.99. The van der Waals surface area contributed by atoms with Gasteiger partial charge in [0.1, 0.15) is 0 Å². The lowest BCUT2D eigenvalue weighted by Gasteiger charge is -2.15. The summed E-state index contributed by atoms with van der Waals surface area (Å²) in [5, 5.41) is 7.65. The van der Waals surface area contributed by atoms with Gasteiger partial charge >= 0.3 is 0 Å². The van der Waals surface area contributed by atoms with E-state index in [9.17, 15) is 0 Å². The van der Waals surface area contributed by atoms with Crippen molar-refractivity contribution in [3.8, 4) is 0 Å². The molecule has 0 aliphatic heterocycles. The second-order valence-corrected chi connectivity index (χ2v) is 4.14. The Labute approximate surface area is 98.0 Å². The summed E-state index contributed by atoms with van der Waals surface area (Å²) in [7, 11) is 3.70. The first kappa shape index (κ1) is 13.2. The van der Waals surface area contributed by atoms with Crippen molar-refractivity contribution in [3.05, 3.63) is 18.0 Å². The van der Waals surface area contributed by atoms with Gasteiger partial charge in [0.05, 0.1) is 12.8 Å². The molecule has 1 aromatic rings. The van der Waals surface area contributed by atoms with Crippen LogP contribution in [0.15, 0.2) is 12.4 Å². The lowest BCUT2D eigenvalue weighted by atomic mass is 10.2. The topological polar surface area (TPSA) is 39.1 Å². The highest BCUT2D eigenvalue weighted by molar-refractivity contribution is 5.03. The van der Waals surface area contributed by atoms with Gasteiger partial charge in [-0.2, -0.15) is 5.10 Å². The molecule has 0 aliphatic carbocycles. The summed E-state index contributed by atoms with van der Waals surface area (Å²) in [6.07, 6.45) is 7.36. The van der Waals surface area contributed by atoms with Crippen molar-refractivity contribution in [1.82, 2.24) is 15.1 Å². The molecular formula is C12H23N3O. The Kier molecular flexibility index (Phi) is 6.11. The summed E-state index contributed by atoms with van der Waals surface area (Å²) in [5.74, 6) is 0. The third kappa shape index (κ3) is 4.77. The zero-order valence-electron chi connectivity index (χ0n) is 10.6. The van der Waals surface area contributed by atoms with E-state index in [-0.39, 0.29) is 0 Å². The van der Waals surface area contributed by atoms with Gasteiger partial charge in [-0.15, -0.1) is 0 Å². The molecule has 16 heavy (non-hydrogen) atoms. The predicted molar refractivity (Wildman–Crippen MR) is 65.5 cm³/mol. The third-order valence-electron chi connectivity index (χ3n) is 2.69. The Morgan fingerprint density at radius 1 is 1.56 bits per heavy atom. The first-order valence-corrected chi connectivity index (χ1v) is 5.96. The summed E-state index contributed by atoms with van der Waals surface area (Å²) >= 11 is 0. The van der Waals surface area contributed by atoms with Gasteiger partial charge in [-0.25, -0.2) is 0 Å². The molecule has 1 unspecified atom stereocenters. The van der Waals surface area contributed by atoms with Crippen LogP contribution in [0.25, 0.3) is 0 Å². The molecule has 0 saturated heterocycles. The SMILES string of the molecule is CCC(COC)NCCCc1cnn(C)c1. The molecule has 0 aromatic carbocycles. The number of aryl methyl sites for hydroxylation is 2. The van der Waals surface area contributed by atoms with Crippen LogP contribution in [0.3, 0.4) is 0 Å². The van der Waals surface area contributed by atoms with Crippen LogP contribution in [0, 0.1) is 0 Å². The maximum absolute atomic E-state index is 5.14. The number of ether oxygens (including phenoxy) is 1. The highest BCUT2D eigenvalue weighted by Gasteiger charge is 2.03. The van der Waals surface area contributed by atoms with E-state index in [2.05, 4.69) is 23.5 Å². The van der Waals surface area contributed by atoms with Gasteiger partial charge in [0.25, 0.3) is 0 Å². The quantitative estimate of drug-likeness (QED) is 0.679. The third-order valence-corrected chi connectivity index (χ3v) is 2.69. The number of nitrogens with zero attached hydrogens (tertiary/aromatic N) is 2. The van der Waals surface area contributed by atoms with Crippen molar-refractivity contribution in [2.45, 2.75) is 32.2 Å². The Balaban J connectivity index is 2.11. The maximum atomic E-state index is 5.14. The molecule has 0 spiro atoms. The molecule has 0 saturated carbocycles. The second kappa shape index (κ2) is 7.41. The average molecular weight is 225 g/mol. The highest BCUT2D eigenvalue weighted by atomic mass is 16.5. The van der Waals surface area contributed by atoms with Gasteiger partial charge in [-0.05, 0) is 31.4 Å². The first-order valence-electron chi connectivity index (χ1n) is 5.96. The standard InChI is InChI=1S/C12H23N3O/c1-4-12(10-16-3)13-7-5-6-11-8-14-15(2)9-11/h8-9,12-13H,4-7,10H2,1-3H3. The lowest BCUT2D eigenvalue weighted by Crippen LogP contribution is -2.33. The van der Waals surface area contributed by atoms with Gasteiger partial charge in [0, 0.05) is 26.4 Å². The highest BCUT2D eigenvalue weighted by Crippen LogP contribution is 2.00. The maximum Gasteiger partial charge on any atom is 0.0615 e. The van der Waals surface area contributed by atoms with Crippen LogP contribution in [0.4, 0.5) is 0 Å². The normalized spacial score (nSPS) is 12.9. The zero-order chi connectivity index (χ0) is 11.8. The van der Waals surface area contributed by atoms with Crippen LogP contribution < -0.4 is 5.32 Å². The van der Waals surface area contributed by atoms with Crippen molar-refractivity contribution in [2.24, 2.45) is 7.05 Å². The van der Waals surface area contributed by atoms with Crippen LogP contribution in [-0.2, 0) is 18.2 Å². The van der Waals surface area contributed by atoms with E-state index in [0.29, 0.717) is 6.04 Å². The zero-order valence-corrected chi connectivity index (χ0v) is 10.6. The Bertz CT molecular complexity index is 286. The summed E-state index contributed by atoms with van der Waals surface area (Å²) in [4.78, 5) is 0. The molecule has 4 heteroatoms. The van der Waals surface area contributed by atoms with E-state index in [1.54, 1.807) is 7.11 Å². The number of hydrogen-bond acceptors (Lipinski definition) is 3. The van der Waals surface area contributed by atoms with Crippen LogP contribution >= 0.6 is 0 Å². The van der Waals surface area contributed by atoms with E-state index in [4.69, 9.17) is 4.74 Å². The van der Waals surface area contributed by atoms with Crippen molar-refractivity contribution < 1.29 is 4.74 Å². The Morgan fingerprint density at radius 2 is 2.38 bits per heavy atom. The second-order valence-electron chi connectivity index (χ2n) is 4.14. The van der Waals surface area contributed by atoms with Gasteiger partial charge in [-0.3, -0.25) is 4.68 Å². The van der Waals surface area contributed by atoms with Crippen LogP contribution in [0.5, 0.6) is 0 Å². The van der Waals surface area contributed by atoms with Gasteiger partial charge in [0.15, 0.2) is 0 Å². The molecule has 0 bridgehead atoms. The fourth-order valence-corrected chi connectivity index (χ4v) is 1.72. The molecule has 0 fully saturated rings. The minimum atomic E-state index is 0.485. The number of methoxy groups -OCH3 is 1. The molecule has 1 N–H and O–H groups in total. The molecule has 1 aromatic heterocycles. The Morgan fingerprint density at radius 3 is 2.94 bits per heavy atom. The lowest BCUT2D eigenvalue weighted by molar-refractivity contribution is 0.164. The molecule has 4 nitrogen and oxygen atoms in total. The largest absolute Gasteiger partial charge is 0.383 e. The summed E-state index contributed by atoms with van der Waals surface area (Å²) in [5.41, 5.74) is 1.31. The minimum absolute atomic E-state index is 0.485. The summed E-state index contributed by atoms with van der Waals surface area (Å²) in [6, 6.07) is 0.485. The van der Waals surface area contributed by atoms with Gasteiger partial charge in [-0.1, -0.05) is 6.92 Å². The van der Waals surface area contributed by atoms with Gasteiger partial charge < -0.3 is 10.1 Å². The molecule has 1 heterocycles.